The summed E-state index contributed by atoms with van der Waals surface area (Å²) in [6.45, 7) is 5.85. The van der Waals surface area contributed by atoms with Crippen LogP contribution in [0.1, 0.15) is 51.2 Å². The molecule has 1 aliphatic rings. The van der Waals surface area contributed by atoms with Gasteiger partial charge in [-0.3, -0.25) is 0 Å². The van der Waals surface area contributed by atoms with Crippen molar-refractivity contribution in [2.75, 3.05) is 19.7 Å². The first-order valence-corrected chi connectivity index (χ1v) is 8.21. The highest BCUT2D eigenvalue weighted by molar-refractivity contribution is 5.67. The van der Waals surface area contributed by atoms with Gasteiger partial charge in [-0.2, -0.15) is 0 Å². The number of hydrogen-bond acceptors (Lipinski definition) is 3. The molecule has 2 rings (SSSR count). The lowest BCUT2D eigenvalue weighted by Gasteiger charge is -2.43. The van der Waals surface area contributed by atoms with Crippen molar-refractivity contribution < 1.29 is 14.6 Å². The number of likely N-dealkylation sites (tertiary alicyclic amines) is 1. The third kappa shape index (κ3) is 4.01. The van der Waals surface area contributed by atoms with E-state index in [2.05, 4.69) is 13.8 Å². The normalized spacial score (nSPS) is 23.1. The number of aliphatic hydroxyl groups excluding tert-OH is 1. The molecule has 1 aromatic carbocycles. The molecular weight excluding hydrogens is 278 g/mol. The predicted molar refractivity (Wildman–Crippen MR) is 86.6 cm³/mol. The minimum absolute atomic E-state index is 0.250. The van der Waals surface area contributed by atoms with E-state index in [-0.39, 0.29) is 11.5 Å². The van der Waals surface area contributed by atoms with Crippen LogP contribution in [0.3, 0.4) is 0 Å². The topological polar surface area (TPSA) is 49.8 Å². The van der Waals surface area contributed by atoms with Gasteiger partial charge in [-0.15, -0.1) is 0 Å². The van der Waals surface area contributed by atoms with E-state index in [1.807, 2.05) is 30.3 Å². The summed E-state index contributed by atoms with van der Waals surface area (Å²) < 4.78 is 5.31. The summed E-state index contributed by atoms with van der Waals surface area (Å²) >= 11 is 0. The number of amides is 1. The maximum atomic E-state index is 12.1. The van der Waals surface area contributed by atoms with E-state index < -0.39 is 6.10 Å². The van der Waals surface area contributed by atoms with Gasteiger partial charge in [-0.05, 0) is 24.8 Å². The van der Waals surface area contributed by atoms with Crippen molar-refractivity contribution in [2.45, 2.75) is 45.6 Å². The summed E-state index contributed by atoms with van der Waals surface area (Å²) in [4.78, 5) is 13.9. The number of carbonyl (C=O) groups excluding carboxylic acids is 1. The summed E-state index contributed by atoms with van der Waals surface area (Å²) in [5, 5.41) is 10.7. The van der Waals surface area contributed by atoms with E-state index in [0.717, 1.165) is 31.2 Å². The zero-order valence-corrected chi connectivity index (χ0v) is 13.6. The molecule has 1 saturated heterocycles. The second-order valence-corrected chi connectivity index (χ2v) is 6.46. The maximum absolute atomic E-state index is 12.1. The van der Waals surface area contributed by atoms with Gasteiger partial charge in [0.2, 0.25) is 0 Å². The largest absolute Gasteiger partial charge is 0.449 e. The molecule has 1 aromatic rings. The Labute approximate surface area is 133 Å². The van der Waals surface area contributed by atoms with Gasteiger partial charge in [-0.25, -0.2) is 4.79 Å². The fourth-order valence-corrected chi connectivity index (χ4v) is 3.08. The van der Waals surface area contributed by atoms with E-state index >= 15 is 0 Å². The molecule has 0 aromatic heterocycles. The van der Waals surface area contributed by atoms with Crippen molar-refractivity contribution in [1.82, 2.24) is 4.90 Å². The number of hydrogen-bond donors (Lipinski definition) is 1. The molecule has 0 radical (unpaired) electrons. The molecule has 4 nitrogen and oxygen atoms in total. The second-order valence-electron chi connectivity index (χ2n) is 6.46. The van der Waals surface area contributed by atoms with Crippen molar-refractivity contribution >= 4 is 6.09 Å². The molecule has 122 valence electrons. The molecular formula is C18H27NO3. The quantitative estimate of drug-likeness (QED) is 0.843. The molecule has 0 aliphatic carbocycles. The first-order valence-electron chi connectivity index (χ1n) is 8.21. The molecule has 22 heavy (non-hydrogen) atoms. The van der Waals surface area contributed by atoms with Crippen LogP contribution in [0.25, 0.3) is 0 Å². The van der Waals surface area contributed by atoms with Gasteiger partial charge in [0, 0.05) is 18.5 Å². The minimum atomic E-state index is -0.569. The van der Waals surface area contributed by atoms with Crippen LogP contribution in [0, 0.1) is 5.41 Å². The Bertz CT molecular complexity index is 476. The van der Waals surface area contributed by atoms with Gasteiger partial charge in [0.25, 0.3) is 0 Å². The minimum Gasteiger partial charge on any atom is -0.449 e. The Balaban J connectivity index is 2.00. The molecule has 0 spiro atoms. The SMILES string of the molecule is CCCCOC(=O)N1CCCC(C)(C(O)c2ccccc2)C1. The molecule has 1 heterocycles. The Morgan fingerprint density at radius 2 is 2.14 bits per heavy atom. The predicted octanol–water partition coefficient (Wildman–Crippen LogP) is 3.76. The van der Waals surface area contributed by atoms with Crippen LogP contribution < -0.4 is 0 Å². The van der Waals surface area contributed by atoms with E-state index in [9.17, 15) is 9.90 Å². The highest BCUT2D eigenvalue weighted by Gasteiger charge is 2.40. The van der Waals surface area contributed by atoms with E-state index in [0.29, 0.717) is 19.7 Å². The van der Waals surface area contributed by atoms with Crippen LogP contribution in [-0.2, 0) is 4.74 Å². The van der Waals surface area contributed by atoms with Crippen LogP contribution in [-0.4, -0.2) is 35.8 Å². The number of piperidine rings is 1. The lowest BCUT2D eigenvalue weighted by Crippen LogP contribution is -2.47. The van der Waals surface area contributed by atoms with Crippen LogP contribution in [0.15, 0.2) is 30.3 Å². The molecule has 1 aliphatic heterocycles. The van der Waals surface area contributed by atoms with Gasteiger partial charge in [-0.1, -0.05) is 50.6 Å². The van der Waals surface area contributed by atoms with Crippen molar-refractivity contribution in [3.05, 3.63) is 35.9 Å². The van der Waals surface area contributed by atoms with Gasteiger partial charge in [0.05, 0.1) is 12.7 Å². The van der Waals surface area contributed by atoms with Crippen molar-refractivity contribution in [2.24, 2.45) is 5.41 Å². The number of ether oxygens (including phenoxy) is 1. The Morgan fingerprint density at radius 3 is 2.82 bits per heavy atom. The lowest BCUT2D eigenvalue weighted by molar-refractivity contribution is -0.0210. The Kier molecular flexibility index (Phi) is 5.83. The molecule has 1 N–H and O–H groups in total. The first kappa shape index (κ1) is 16.8. The summed E-state index contributed by atoms with van der Waals surface area (Å²) in [6.07, 6.45) is 2.88. The highest BCUT2D eigenvalue weighted by Crippen LogP contribution is 2.41. The molecule has 4 heteroatoms. The van der Waals surface area contributed by atoms with Crippen molar-refractivity contribution in [3.8, 4) is 0 Å². The standard InChI is InChI=1S/C18H27NO3/c1-3-4-13-22-17(21)19-12-8-11-18(2,14-19)16(20)15-9-6-5-7-10-15/h5-7,9-10,16,20H,3-4,8,11-14H2,1-2H3. The lowest BCUT2D eigenvalue weighted by atomic mass is 9.74. The number of unbranched alkanes of at least 4 members (excludes halogenated alkanes) is 1. The summed E-state index contributed by atoms with van der Waals surface area (Å²) in [6, 6.07) is 9.68. The van der Waals surface area contributed by atoms with Gasteiger partial charge in [0.15, 0.2) is 0 Å². The van der Waals surface area contributed by atoms with Crippen LogP contribution >= 0.6 is 0 Å². The van der Waals surface area contributed by atoms with E-state index in [4.69, 9.17) is 4.74 Å². The zero-order chi connectivity index (χ0) is 16.0. The number of aliphatic hydroxyl groups is 1. The fourth-order valence-electron chi connectivity index (χ4n) is 3.08. The highest BCUT2D eigenvalue weighted by atomic mass is 16.6. The number of rotatable bonds is 5. The first-order chi connectivity index (χ1) is 10.6. The van der Waals surface area contributed by atoms with Crippen molar-refractivity contribution in [3.63, 3.8) is 0 Å². The number of carbonyl (C=O) groups is 1. The number of nitrogens with zero attached hydrogens (tertiary/aromatic N) is 1. The third-order valence-corrected chi connectivity index (χ3v) is 4.49. The maximum Gasteiger partial charge on any atom is 0.409 e. The Morgan fingerprint density at radius 1 is 1.41 bits per heavy atom. The fraction of sp³-hybridized carbons (Fsp3) is 0.611. The van der Waals surface area contributed by atoms with Gasteiger partial charge in [0.1, 0.15) is 0 Å². The average molecular weight is 305 g/mol. The monoisotopic (exact) mass is 305 g/mol. The second kappa shape index (κ2) is 7.63. The van der Waals surface area contributed by atoms with Gasteiger partial charge >= 0.3 is 6.09 Å². The zero-order valence-electron chi connectivity index (χ0n) is 13.6. The summed E-state index contributed by atoms with van der Waals surface area (Å²) in [5.41, 5.74) is 0.579. The molecule has 0 bridgehead atoms. The molecule has 0 saturated carbocycles. The smallest absolute Gasteiger partial charge is 0.409 e. The van der Waals surface area contributed by atoms with Gasteiger partial charge < -0.3 is 14.7 Å². The number of benzene rings is 1. The van der Waals surface area contributed by atoms with Crippen LogP contribution in [0.5, 0.6) is 0 Å². The summed E-state index contributed by atoms with van der Waals surface area (Å²) in [5.74, 6) is 0. The van der Waals surface area contributed by atoms with Crippen LogP contribution in [0.2, 0.25) is 0 Å². The van der Waals surface area contributed by atoms with E-state index in [1.165, 1.54) is 0 Å². The molecule has 1 amide bonds. The summed E-state index contributed by atoms with van der Waals surface area (Å²) in [7, 11) is 0. The molecule has 2 atom stereocenters. The van der Waals surface area contributed by atoms with E-state index in [1.54, 1.807) is 4.90 Å². The van der Waals surface area contributed by atoms with Crippen molar-refractivity contribution in [1.29, 1.82) is 0 Å². The van der Waals surface area contributed by atoms with Crippen LogP contribution in [0.4, 0.5) is 4.79 Å². The molecule has 1 fully saturated rings. The Hall–Kier alpha value is -1.55. The average Bonchev–Trinajstić information content (AvgIpc) is 2.55. The third-order valence-electron chi connectivity index (χ3n) is 4.49. The molecule has 2 unspecified atom stereocenters.